The Balaban J connectivity index is 2.37. The maximum Gasteiger partial charge on any atom is 0.407 e. The molecule has 0 radical (unpaired) electrons. The second kappa shape index (κ2) is 6.98. The number of halogens is 3. The average molecular weight is 277 g/mol. The minimum Gasteiger partial charge on any atom is -0.445 e. The summed E-state index contributed by atoms with van der Waals surface area (Å²) in [4.78, 5) is 11.3. The summed E-state index contributed by atoms with van der Waals surface area (Å²) in [6.45, 7) is -0.850. The molecule has 2 N–H and O–H groups in total. The van der Waals surface area contributed by atoms with Gasteiger partial charge < -0.3 is 15.2 Å². The molecule has 0 saturated heterocycles. The second-order valence-electron chi connectivity index (χ2n) is 3.90. The zero-order valence-electron chi connectivity index (χ0n) is 9.98. The summed E-state index contributed by atoms with van der Waals surface area (Å²) in [5, 5.41) is 10.7. The van der Waals surface area contributed by atoms with Crippen molar-refractivity contribution < 1.29 is 27.8 Å². The quantitative estimate of drug-likeness (QED) is 0.867. The first-order chi connectivity index (χ1) is 8.90. The predicted molar refractivity (Wildman–Crippen MR) is 61.3 cm³/mol. The van der Waals surface area contributed by atoms with Gasteiger partial charge in [-0.1, -0.05) is 30.3 Å². The number of amides is 1. The van der Waals surface area contributed by atoms with E-state index in [2.05, 4.69) is 0 Å². The van der Waals surface area contributed by atoms with E-state index in [1.165, 1.54) is 0 Å². The highest BCUT2D eigenvalue weighted by Crippen LogP contribution is 2.21. The molecule has 1 unspecified atom stereocenters. The number of aliphatic hydroxyl groups is 1. The van der Waals surface area contributed by atoms with Gasteiger partial charge in [-0.2, -0.15) is 13.2 Å². The van der Waals surface area contributed by atoms with Crippen LogP contribution < -0.4 is 5.32 Å². The summed E-state index contributed by atoms with van der Waals surface area (Å²) in [5.74, 6) is 0. The van der Waals surface area contributed by atoms with Gasteiger partial charge in [0, 0.05) is 0 Å². The fraction of sp³-hybridized carbons (Fsp3) is 0.417. The van der Waals surface area contributed by atoms with Crippen LogP contribution in [0.15, 0.2) is 30.3 Å². The van der Waals surface area contributed by atoms with Crippen LogP contribution in [0.4, 0.5) is 18.0 Å². The van der Waals surface area contributed by atoms with E-state index in [1.807, 2.05) is 5.32 Å². The third-order valence-corrected chi connectivity index (χ3v) is 2.23. The van der Waals surface area contributed by atoms with Gasteiger partial charge in [0.15, 0.2) is 0 Å². The lowest BCUT2D eigenvalue weighted by Crippen LogP contribution is -2.40. The van der Waals surface area contributed by atoms with E-state index >= 15 is 0 Å². The molecular weight excluding hydrogens is 263 g/mol. The van der Waals surface area contributed by atoms with Gasteiger partial charge in [-0.25, -0.2) is 4.79 Å². The van der Waals surface area contributed by atoms with Gasteiger partial charge in [-0.3, -0.25) is 0 Å². The zero-order valence-corrected chi connectivity index (χ0v) is 9.98. The molecule has 1 aromatic carbocycles. The molecule has 1 amide bonds. The van der Waals surface area contributed by atoms with Crippen molar-refractivity contribution in [3.63, 3.8) is 0 Å². The van der Waals surface area contributed by atoms with E-state index in [4.69, 9.17) is 9.84 Å². The number of nitrogens with one attached hydrogen (secondary N) is 1. The molecule has 0 bridgehead atoms. The largest absolute Gasteiger partial charge is 0.445 e. The van der Waals surface area contributed by atoms with Crippen LogP contribution in [-0.4, -0.2) is 30.0 Å². The summed E-state index contributed by atoms with van der Waals surface area (Å²) in [7, 11) is 0. The summed E-state index contributed by atoms with van der Waals surface area (Å²) < 4.78 is 41.0. The Morgan fingerprint density at radius 2 is 1.95 bits per heavy atom. The molecule has 0 saturated carbocycles. The van der Waals surface area contributed by atoms with E-state index in [0.717, 1.165) is 0 Å². The molecule has 0 spiro atoms. The summed E-state index contributed by atoms with van der Waals surface area (Å²) >= 11 is 0. The van der Waals surface area contributed by atoms with E-state index < -0.39 is 31.3 Å². The SMILES string of the molecule is O=C(NC(CO)CC(F)(F)F)OCc1ccccc1. The first-order valence-electron chi connectivity index (χ1n) is 5.55. The topological polar surface area (TPSA) is 58.6 Å². The van der Waals surface area contributed by atoms with Crippen LogP contribution in [0.5, 0.6) is 0 Å². The Morgan fingerprint density at radius 1 is 1.32 bits per heavy atom. The van der Waals surface area contributed by atoms with E-state index in [-0.39, 0.29) is 6.61 Å². The summed E-state index contributed by atoms with van der Waals surface area (Å²) in [6, 6.07) is 7.31. The zero-order chi connectivity index (χ0) is 14.3. The first-order valence-corrected chi connectivity index (χ1v) is 5.55. The molecule has 0 aliphatic heterocycles. The van der Waals surface area contributed by atoms with Crippen LogP contribution in [-0.2, 0) is 11.3 Å². The van der Waals surface area contributed by atoms with Gasteiger partial charge in [0.2, 0.25) is 0 Å². The summed E-state index contributed by atoms with van der Waals surface area (Å²) in [6.07, 6.45) is -6.75. The van der Waals surface area contributed by atoms with Crippen molar-refractivity contribution in [2.75, 3.05) is 6.61 Å². The van der Waals surface area contributed by atoms with Gasteiger partial charge in [0.25, 0.3) is 0 Å². The molecular formula is C12H14F3NO3. The number of carbonyl (C=O) groups is 1. The van der Waals surface area contributed by atoms with E-state index in [1.54, 1.807) is 30.3 Å². The maximum absolute atomic E-state index is 12.1. The molecule has 1 rings (SSSR count). The van der Waals surface area contributed by atoms with Crippen molar-refractivity contribution in [1.82, 2.24) is 5.32 Å². The Morgan fingerprint density at radius 3 is 2.47 bits per heavy atom. The highest BCUT2D eigenvalue weighted by Gasteiger charge is 2.32. The van der Waals surface area contributed by atoms with Gasteiger partial charge in [0.1, 0.15) is 6.61 Å². The Bertz CT molecular complexity index is 395. The molecule has 4 nitrogen and oxygen atoms in total. The summed E-state index contributed by atoms with van der Waals surface area (Å²) in [5.41, 5.74) is 0.717. The normalized spacial score (nSPS) is 12.8. The van der Waals surface area contributed by atoms with Crippen LogP contribution in [0.1, 0.15) is 12.0 Å². The number of ether oxygens (including phenoxy) is 1. The van der Waals surface area contributed by atoms with Crippen molar-refractivity contribution in [3.05, 3.63) is 35.9 Å². The highest BCUT2D eigenvalue weighted by atomic mass is 19.4. The molecule has 0 aliphatic carbocycles. The van der Waals surface area contributed by atoms with E-state index in [9.17, 15) is 18.0 Å². The highest BCUT2D eigenvalue weighted by molar-refractivity contribution is 5.67. The number of aliphatic hydroxyl groups excluding tert-OH is 1. The fourth-order valence-corrected chi connectivity index (χ4v) is 1.37. The van der Waals surface area contributed by atoms with Crippen molar-refractivity contribution in [2.45, 2.75) is 25.2 Å². The van der Waals surface area contributed by atoms with Crippen molar-refractivity contribution >= 4 is 6.09 Å². The second-order valence-corrected chi connectivity index (χ2v) is 3.90. The number of rotatable bonds is 5. The van der Waals surface area contributed by atoms with Crippen LogP contribution in [0.2, 0.25) is 0 Å². The Labute approximate surface area is 108 Å². The molecule has 7 heteroatoms. The maximum atomic E-state index is 12.1. The third kappa shape index (κ3) is 6.66. The fourth-order valence-electron chi connectivity index (χ4n) is 1.37. The minimum atomic E-state index is -4.46. The Kier molecular flexibility index (Phi) is 5.62. The average Bonchev–Trinajstić information content (AvgIpc) is 2.35. The molecule has 0 fully saturated rings. The lowest BCUT2D eigenvalue weighted by atomic mass is 10.2. The van der Waals surface area contributed by atoms with Crippen LogP contribution in [0.3, 0.4) is 0 Å². The molecule has 106 valence electrons. The van der Waals surface area contributed by atoms with Crippen molar-refractivity contribution in [2.24, 2.45) is 0 Å². The van der Waals surface area contributed by atoms with Crippen LogP contribution in [0, 0.1) is 0 Å². The monoisotopic (exact) mass is 277 g/mol. The lowest BCUT2D eigenvalue weighted by Gasteiger charge is -2.17. The van der Waals surface area contributed by atoms with Crippen LogP contribution >= 0.6 is 0 Å². The van der Waals surface area contributed by atoms with Crippen molar-refractivity contribution in [3.8, 4) is 0 Å². The number of benzene rings is 1. The molecule has 1 aromatic rings. The molecule has 0 aliphatic rings. The Hall–Kier alpha value is -1.76. The molecule has 1 atom stereocenters. The predicted octanol–water partition coefficient (Wildman–Crippen LogP) is 2.23. The minimum absolute atomic E-state index is 0.0448. The van der Waals surface area contributed by atoms with Gasteiger partial charge >= 0.3 is 12.3 Å². The molecule has 0 aromatic heterocycles. The molecule has 0 heterocycles. The van der Waals surface area contributed by atoms with Gasteiger partial charge in [0.05, 0.1) is 19.1 Å². The number of alkyl carbamates (subject to hydrolysis) is 1. The van der Waals surface area contributed by atoms with Gasteiger partial charge in [-0.05, 0) is 5.56 Å². The number of hydrogen-bond acceptors (Lipinski definition) is 3. The van der Waals surface area contributed by atoms with E-state index in [0.29, 0.717) is 5.56 Å². The van der Waals surface area contributed by atoms with Gasteiger partial charge in [-0.15, -0.1) is 0 Å². The lowest BCUT2D eigenvalue weighted by molar-refractivity contribution is -0.141. The number of carbonyl (C=O) groups excluding carboxylic acids is 1. The van der Waals surface area contributed by atoms with Crippen LogP contribution in [0.25, 0.3) is 0 Å². The van der Waals surface area contributed by atoms with Crippen molar-refractivity contribution in [1.29, 1.82) is 0 Å². The standard InChI is InChI=1S/C12H14F3NO3/c13-12(14,15)6-10(7-17)16-11(18)19-8-9-4-2-1-3-5-9/h1-5,10,17H,6-8H2,(H,16,18). The third-order valence-electron chi connectivity index (χ3n) is 2.23. The first kappa shape index (κ1) is 15.3. The number of hydrogen-bond donors (Lipinski definition) is 2. The molecule has 19 heavy (non-hydrogen) atoms. The smallest absolute Gasteiger partial charge is 0.407 e. The number of alkyl halides is 3.